The molecule has 0 bridgehead atoms. The lowest BCUT2D eigenvalue weighted by Crippen LogP contribution is -2.40. The first-order valence-electron chi connectivity index (χ1n) is 3.20. The Morgan fingerprint density at radius 1 is 1.70 bits per heavy atom. The zero-order valence-electron chi connectivity index (χ0n) is 5.87. The summed E-state index contributed by atoms with van der Waals surface area (Å²) in [6, 6.07) is 0. The van der Waals surface area contributed by atoms with Gasteiger partial charge in [0, 0.05) is 7.05 Å². The van der Waals surface area contributed by atoms with E-state index in [0.29, 0.717) is 0 Å². The van der Waals surface area contributed by atoms with Crippen LogP contribution >= 0.6 is 0 Å². The Labute approximate surface area is 59.1 Å². The van der Waals surface area contributed by atoms with Crippen molar-refractivity contribution in [3.05, 3.63) is 0 Å². The standard InChI is InChI=1S/C6H11NO3/c1-7(5(9)10)6(4-8)2-3-6/h8H,2-4H2,1H3,(H,9,10). The van der Waals surface area contributed by atoms with Gasteiger partial charge in [-0.3, -0.25) is 0 Å². The van der Waals surface area contributed by atoms with Gasteiger partial charge in [0.1, 0.15) is 0 Å². The number of aliphatic hydroxyl groups excluding tert-OH is 1. The Bertz CT molecular complexity index is 153. The molecule has 1 fully saturated rings. The summed E-state index contributed by atoms with van der Waals surface area (Å²) >= 11 is 0. The van der Waals surface area contributed by atoms with Gasteiger partial charge in [-0.2, -0.15) is 0 Å². The number of hydrogen-bond acceptors (Lipinski definition) is 2. The molecule has 2 N–H and O–H groups in total. The normalized spacial score (nSPS) is 20.2. The van der Waals surface area contributed by atoms with Gasteiger partial charge in [0.15, 0.2) is 0 Å². The van der Waals surface area contributed by atoms with Crippen molar-refractivity contribution in [2.24, 2.45) is 0 Å². The molecular weight excluding hydrogens is 134 g/mol. The molecule has 0 aromatic rings. The highest BCUT2D eigenvalue weighted by atomic mass is 16.4. The van der Waals surface area contributed by atoms with Crippen molar-refractivity contribution in [2.45, 2.75) is 18.4 Å². The van der Waals surface area contributed by atoms with Crippen LogP contribution in [0, 0.1) is 0 Å². The van der Waals surface area contributed by atoms with Gasteiger partial charge >= 0.3 is 6.09 Å². The van der Waals surface area contributed by atoms with E-state index in [1.54, 1.807) is 0 Å². The summed E-state index contributed by atoms with van der Waals surface area (Å²) in [6.45, 7) is -0.0597. The second-order valence-corrected chi connectivity index (χ2v) is 2.72. The van der Waals surface area contributed by atoms with E-state index in [1.807, 2.05) is 0 Å². The van der Waals surface area contributed by atoms with E-state index in [2.05, 4.69) is 0 Å². The monoisotopic (exact) mass is 145 g/mol. The van der Waals surface area contributed by atoms with E-state index >= 15 is 0 Å². The molecule has 0 aliphatic heterocycles. The topological polar surface area (TPSA) is 60.8 Å². The highest BCUT2D eigenvalue weighted by molar-refractivity contribution is 5.66. The average molecular weight is 145 g/mol. The smallest absolute Gasteiger partial charge is 0.407 e. The van der Waals surface area contributed by atoms with Crippen LogP contribution in [0.3, 0.4) is 0 Å². The zero-order valence-corrected chi connectivity index (χ0v) is 5.87. The number of amides is 1. The molecule has 0 radical (unpaired) electrons. The highest BCUT2D eigenvalue weighted by Gasteiger charge is 2.48. The molecule has 0 unspecified atom stereocenters. The molecule has 58 valence electrons. The Balaban J connectivity index is 2.55. The quantitative estimate of drug-likeness (QED) is 0.580. The molecule has 1 saturated carbocycles. The Morgan fingerprint density at radius 3 is 2.30 bits per heavy atom. The number of aliphatic hydroxyl groups is 1. The van der Waals surface area contributed by atoms with E-state index in [9.17, 15) is 4.79 Å². The van der Waals surface area contributed by atoms with Crippen LogP contribution in [0.5, 0.6) is 0 Å². The number of rotatable bonds is 2. The maximum absolute atomic E-state index is 10.4. The first-order chi connectivity index (χ1) is 4.62. The van der Waals surface area contributed by atoms with Crippen LogP contribution in [0.15, 0.2) is 0 Å². The minimum Gasteiger partial charge on any atom is -0.465 e. The molecule has 1 amide bonds. The third-order valence-electron chi connectivity index (χ3n) is 2.12. The third-order valence-corrected chi connectivity index (χ3v) is 2.12. The van der Waals surface area contributed by atoms with E-state index < -0.39 is 11.6 Å². The molecule has 0 saturated heterocycles. The van der Waals surface area contributed by atoms with Gasteiger partial charge in [-0.15, -0.1) is 0 Å². The lowest BCUT2D eigenvalue weighted by atomic mass is 10.3. The molecule has 1 aliphatic carbocycles. The molecule has 4 heteroatoms. The fourth-order valence-corrected chi connectivity index (χ4v) is 0.947. The van der Waals surface area contributed by atoms with Crippen LogP contribution in [0.4, 0.5) is 4.79 Å². The number of nitrogens with zero attached hydrogens (tertiary/aromatic N) is 1. The minimum absolute atomic E-state index is 0.0597. The molecule has 10 heavy (non-hydrogen) atoms. The lowest BCUT2D eigenvalue weighted by molar-refractivity contribution is 0.103. The Hall–Kier alpha value is -0.770. The summed E-state index contributed by atoms with van der Waals surface area (Å²) in [5.41, 5.74) is -0.439. The fraction of sp³-hybridized carbons (Fsp3) is 0.833. The molecule has 0 atom stereocenters. The maximum atomic E-state index is 10.4. The van der Waals surface area contributed by atoms with Gasteiger partial charge in [-0.05, 0) is 12.8 Å². The van der Waals surface area contributed by atoms with Crippen LogP contribution in [0.1, 0.15) is 12.8 Å². The van der Waals surface area contributed by atoms with Crippen LogP contribution in [0.25, 0.3) is 0 Å². The van der Waals surface area contributed by atoms with Crippen molar-refractivity contribution in [1.29, 1.82) is 0 Å². The molecule has 0 spiro atoms. The molecule has 0 aromatic carbocycles. The predicted octanol–water partition coefficient (Wildman–Crippen LogP) is 0.121. The van der Waals surface area contributed by atoms with Crippen molar-refractivity contribution >= 4 is 6.09 Å². The summed E-state index contributed by atoms with van der Waals surface area (Å²) in [7, 11) is 1.49. The van der Waals surface area contributed by atoms with E-state index in [-0.39, 0.29) is 6.61 Å². The van der Waals surface area contributed by atoms with Gasteiger partial charge in [0.25, 0.3) is 0 Å². The lowest BCUT2D eigenvalue weighted by Gasteiger charge is -2.22. The maximum Gasteiger partial charge on any atom is 0.407 e. The SMILES string of the molecule is CN(C(=O)O)C1(CO)CC1. The second-order valence-electron chi connectivity index (χ2n) is 2.72. The number of hydrogen-bond donors (Lipinski definition) is 2. The summed E-state index contributed by atoms with van der Waals surface area (Å²) in [6.07, 6.45) is 0.602. The zero-order chi connectivity index (χ0) is 7.78. The molecule has 1 aliphatic rings. The molecular formula is C6H11NO3. The van der Waals surface area contributed by atoms with Gasteiger partial charge in [-0.25, -0.2) is 4.79 Å². The van der Waals surface area contributed by atoms with Crippen molar-refractivity contribution in [1.82, 2.24) is 4.90 Å². The highest BCUT2D eigenvalue weighted by Crippen LogP contribution is 2.40. The third kappa shape index (κ3) is 0.945. The predicted molar refractivity (Wildman–Crippen MR) is 34.8 cm³/mol. The largest absolute Gasteiger partial charge is 0.465 e. The average Bonchev–Trinajstić information content (AvgIpc) is 2.66. The second kappa shape index (κ2) is 2.12. The van der Waals surface area contributed by atoms with Crippen molar-refractivity contribution in [3.63, 3.8) is 0 Å². The van der Waals surface area contributed by atoms with Crippen molar-refractivity contribution in [3.8, 4) is 0 Å². The summed E-state index contributed by atoms with van der Waals surface area (Å²) in [5, 5.41) is 17.3. The molecule has 1 rings (SSSR count). The van der Waals surface area contributed by atoms with E-state index in [4.69, 9.17) is 10.2 Å². The van der Waals surface area contributed by atoms with Crippen molar-refractivity contribution < 1.29 is 15.0 Å². The van der Waals surface area contributed by atoms with Crippen LogP contribution in [0.2, 0.25) is 0 Å². The summed E-state index contributed by atoms with van der Waals surface area (Å²) < 4.78 is 0. The minimum atomic E-state index is -0.966. The number of likely N-dealkylation sites (N-methyl/N-ethyl adjacent to an activating group) is 1. The summed E-state index contributed by atoms with van der Waals surface area (Å²) in [4.78, 5) is 11.5. The van der Waals surface area contributed by atoms with E-state index in [1.165, 1.54) is 11.9 Å². The van der Waals surface area contributed by atoms with Crippen LogP contribution < -0.4 is 0 Å². The Kier molecular flexibility index (Phi) is 1.56. The summed E-state index contributed by atoms with van der Waals surface area (Å²) in [5.74, 6) is 0. The number of carboxylic acid groups (broad SMARTS) is 1. The van der Waals surface area contributed by atoms with Crippen LogP contribution in [-0.4, -0.2) is 40.4 Å². The van der Waals surface area contributed by atoms with Gasteiger partial charge in [0.2, 0.25) is 0 Å². The van der Waals surface area contributed by atoms with Gasteiger partial charge < -0.3 is 15.1 Å². The van der Waals surface area contributed by atoms with Crippen molar-refractivity contribution in [2.75, 3.05) is 13.7 Å². The molecule has 4 nitrogen and oxygen atoms in total. The van der Waals surface area contributed by atoms with Crippen LogP contribution in [-0.2, 0) is 0 Å². The first-order valence-corrected chi connectivity index (χ1v) is 3.20. The molecule has 0 heterocycles. The van der Waals surface area contributed by atoms with Gasteiger partial charge in [0.05, 0.1) is 12.1 Å². The fourth-order valence-electron chi connectivity index (χ4n) is 0.947. The van der Waals surface area contributed by atoms with Gasteiger partial charge in [-0.1, -0.05) is 0 Å². The first kappa shape index (κ1) is 7.34. The Morgan fingerprint density at radius 2 is 2.20 bits per heavy atom. The number of carbonyl (C=O) groups is 1. The molecule has 0 aromatic heterocycles. The van der Waals surface area contributed by atoms with E-state index in [0.717, 1.165) is 12.8 Å².